The third kappa shape index (κ3) is 4.11. The van der Waals surface area contributed by atoms with Crippen molar-refractivity contribution < 1.29 is 4.74 Å². The highest BCUT2D eigenvalue weighted by atomic mass is 16.5. The third-order valence-electron chi connectivity index (χ3n) is 3.72. The lowest BCUT2D eigenvalue weighted by molar-refractivity contribution is -0.0193. The van der Waals surface area contributed by atoms with Gasteiger partial charge in [0.1, 0.15) is 0 Å². The molecule has 0 radical (unpaired) electrons. The number of likely N-dealkylation sites (N-methyl/N-ethyl adjacent to an activating group) is 1. The molecule has 0 amide bonds. The maximum atomic E-state index is 6.34. The minimum atomic E-state index is 0.194. The Balaban J connectivity index is 1.97. The number of benzene rings is 1. The van der Waals surface area contributed by atoms with E-state index in [0.29, 0.717) is 6.10 Å². The Morgan fingerprint density at radius 1 is 1.11 bits per heavy atom. The molecule has 2 rings (SSSR count). The lowest BCUT2D eigenvalue weighted by Gasteiger charge is -2.24. The molecule has 0 saturated heterocycles. The van der Waals surface area contributed by atoms with E-state index in [1.54, 1.807) is 0 Å². The van der Waals surface area contributed by atoms with E-state index in [9.17, 15) is 0 Å². The van der Waals surface area contributed by atoms with Gasteiger partial charge in [0.15, 0.2) is 0 Å². The van der Waals surface area contributed by atoms with Crippen LogP contribution in [0.15, 0.2) is 30.3 Å². The molecule has 18 heavy (non-hydrogen) atoms. The first-order valence-corrected chi connectivity index (χ1v) is 7.25. The predicted octanol–water partition coefficient (Wildman–Crippen LogP) is 3.69. The van der Waals surface area contributed by atoms with Gasteiger partial charge in [-0.3, -0.25) is 0 Å². The fraction of sp³-hybridized carbons (Fsp3) is 0.625. The quantitative estimate of drug-likeness (QED) is 0.801. The highest BCUT2D eigenvalue weighted by Gasteiger charge is 2.19. The SMILES string of the molecule is CNCC(OC1CCCCCC1)c1ccccc1. The van der Waals surface area contributed by atoms with Crippen LogP contribution in [0.1, 0.15) is 50.2 Å². The molecule has 100 valence electrons. The van der Waals surface area contributed by atoms with Crippen molar-refractivity contribution in [2.75, 3.05) is 13.6 Å². The van der Waals surface area contributed by atoms with Crippen LogP contribution in [0.5, 0.6) is 0 Å². The van der Waals surface area contributed by atoms with Gasteiger partial charge in [0.25, 0.3) is 0 Å². The highest BCUT2D eigenvalue weighted by molar-refractivity contribution is 5.18. The van der Waals surface area contributed by atoms with Crippen molar-refractivity contribution in [1.82, 2.24) is 5.32 Å². The second-order valence-corrected chi connectivity index (χ2v) is 5.21. The summed E-state index contributed by atoms with van der Waals surface area (Å²) in [5.41, 5.74) is 1.29. The summed E-state index contributed by atoms with van der Waals surface area (Å²) in [6.45, 7) is 0.889. The maximum Gasteiger partial charge on any atom is 0.0952 e. The molecule has 1 aliphatic rings. The molecular formula is C16H25NO. The van der Waals surface area contributed by atoms with Crippen LogP contribution in [-0.2, 0) is 4.74 Å². The minimum absolute atomic E-state index is 0.194. The summed E-state index contributed by atoms with van der Waals surface area (Å²) < 4.78 is 6.34. The zero-order chi connectivity index (χ0) is 12.6. The summed E-state index contributed by atoms with van der Waals surface area (Å²) in [6, 6.07) is 10.6. The maximum absolute atomic E-state index is 6.34. The first-order chi connectivity index (χ1) is 8.90. The molecule has 1 saturated carbocycles. The van der Waals surface area contributed by atoms with Crippen LogP contribution in [0, 0.1) is 0 Å². The van der Waals surface area contributed by atoms with E-state index >= 15 is 0 Å². The smallest absolute Gasteiger partial charge is 0.0952 e. The van der Waals surface area contributed by atoms with Crippen LogP contribution in [0.3, 0.4) is 0 Å². The Labute approximate surface area is 111 Å². The van der Waals surface area contributed by atoms with E-state index in [1.807, 2.05) is 7.05 Å². The molecule has 1 fully saturated rings. The van der Waals surface area contributed by atoms with Gasteiger partial charge in [0, 0.05) is 6.54 Å². The second-order valence-electron chi connectivity index (χ2n) is 5.21. The number of rotatable bonds is 5. The van der Waals surface area contributed by atoms with Crippen molar-refractivity contribution in [3.05, 3.63) is 35.9 Å². The number of ether oxygens (including phenoxy) is 1. The fourth-order valence-electron chi connectivity index (χ4n) is 2.71. The predicted molar refractivity (Wildman–Crippen MR) is 75.7 cm³/mol. The molecule has 0 heterocycles. The molecule has 2 nitrogen and oxygen atoms in total. The minimum Gasteiger partial charge on any atom is -0.369 e. The van der Waals surface area contributed by atoms with E-state index in [0.717, 1.165) is 6.54 Å². The number of hydrogen-bond donors (Lipinski definition) is 1. The van der Waals surface area contributed by atoms with Crippen LogP contribution in [0.2, 0.25) is 0 Å². The summed E-state index contributed by atoms with van der Waals surface area (Å²) >= 11 is 0. The average Bonchev–Trinajstić information content (AvgIpc) is 2.68. The molecule has 1 unspecified atom stereocenters. The van der Waals surface area contributed by atoms with E-state index < -0.39 is 0 Å². The lowest BCUT2D eigenvalue weighted by atomic mass is 10.1. The van der Waals surface area contributed by atoms with Gasteiger partial charge in [-0.05, 0) is 25.5 Å². The van der Waals surface area contributed by atoms with Gasteiger partial charge in [0.05, 0.1) is 12.2 Å². The first-order valence-electron chi connectivity index (χ1n) is 7.25. The van der Waals surface area contributed by atoms with Crippen LogP contribution in [0.25, 0.3) is 0 Å². The van der Waals surface area contributed by atoms with E-state index in [2.05, 4.69) is 35.6 Å². The van der Waals surface area contributed by atoms with Crippen LogP contribution in [0.4, 0.5) is 0 Å². The topological polar surface area (TPSA) is 21.3 Å². The van der Waals surface area contributed by atoms with E-state index in [4.69, 9.17) is 4.74 Å². The largest absolute Gasteiger partial charge is 0.369 e. The molecule has 1 aromatic rings. The van der Waals surface area contributed by atoms with Gasteiger partial charge in [-0.25, -0.2) is 0 Å². The number of nitrogens with one attached hydrogen (secondary N) is 1. The van der Waals surface area contributed by atoms with Gasteiger partial charge < -0.3 is 10.1 Å². The normalized spacial score (nSPS) is 19.4. The Morgan fingerprint density at radius 2 is 1.78 bits per heavy atom. The summed E-state index contributed by atoms with van der Waals surface area (Å²) in [4.78, 5) is 0. The Kier molecular flexibility index (Phi) is 5.69. The highest BCUT2D eigenvalue weighted by Crippen LogP contribution is 2.26. The van der Waals surface area contributed by atoms with Crippen molar-refractivity contribution in [1.29, 1.82) is 0 Å². The molecular weight excluding hydrogens is 222 g/mol. The Morgan fingerprint density at radius 3 is 2.39 bits per heavy atom. The molecule has 2 heteroatoms. The molecule has 1 aromatic carbocycles. The van der Waals surface area contributed by atoms with Gasteiger partial charge in [-0.1, -0.05) is 56.0 Å². The second kappa shape index (κ2) is 7.55. The summed E-state index contributed by atoms with van der Waals surface area (Å²) in [6.07, 6.45) is 8.51. The molecule has 0 spiro atoms. The summed E-state index contributed by atoms with van der Waals surface area (Å²) in [5, 5.41) is 3.25. The van der Waals surface area contributed by atoms with Gasteiger partial charge in [-0.15, -0.1) is 0 Å². The average molecular weight is 247 g/mol. The van der Waals surface area contributed by atoms with Gasteiger partial charge in [-0.2, -0.15) is 0 Å². The summed E-state index contributed by atoms with van der Waals surface area (Å²) in [7, 11) is 1.99. The Hall–Kier alpha value is -0.860. The van der Waals surface area contributed by atoms with Crippen molar-refractivity contribution in [3.63, 3.8) is 0 Å². The zero-order valence-electron chi connectivity index (χ0n) is 11.4. The molecule has 0 bridgehead atoms. The molecule has 1 atom stereocenters. The molecule has 1 aliphatic carbocycles. The van der Waals surface area contributed by atoms with Gasteiger partial charge in [0.2, 0.25) is 0 Å². The van der Waals surface area contributed by atoms with E-state index in [-0.39, 0.29) is 6.10 Å². The van der Waals surface area contributed by atoms with Crippen molar-refractivity contribution in [2.45, 2.75) is 50.7 Å². The standard InChI is InChI=1S/C16H25NO/c1-17-13-16(14-9-5-4-6-10-14)18-15-11-7-2-3-8-12-15/h4-6,9-10,15-17H,2-3,7-8,11-13H2,1H3. The van der Waals surface area contributed by atoms with E-state index in [1.165, 1.54) is 44.1 Å². The first kappa shape index (κ1) is 13.6. The van der Waals surface area contributed by atoms with Crippen molar-refractivity contribution in [2.24, 2.45) is 0 Å². The summed E-state index contributed by atoms with van der Waals surface area (Å²) in [5.74, 6) is 0. The van der Waals surface area contributed by atoms with Crippen LogP contribution >= 0.6 is 0 Å². The van der Waals surface area contributed by atoms with Gasteiger partial charge >= 0.3 is 0 Å². The number of hydrogen-bond acceptors (Lipinski definition) is 2. The molecule has 0 aliphatic heterocycles. The van der Waals surface area contributed by atoms with Crippen LogP contribution in [-0.4, -0.2) is 19.7 Å². The monoisotopic (exact) mass is 247 g/mol. The third-order valence-corrected chi connectivity index (χ3v) is 3.72. The van der Waals surface area contributed by atoms with Crippen molar-refractivity contribution >= 4 is 0 Å². The van der Waals surface area contributed by atoms with Crippen molar-refractivity contribution in [3.8, 4) is 0 Å². The Bertz CT molecular complexity index is 317. The van der Waals surface area contributed by atoms with Crippen LogP contribution < -0.4 is 5.32 Å². The fourth-order valence-corrected chi connectivity index (χ4v) is 2.71. The molecule has 1 N–H and O–H groups in total. The lowest BCUT2D eigenvalue weighted by Crippen LogP contribution is -2.24. The molecule has 0 aromatic heterocycles. The zero-order valence-corrected chi connectivity index (χ0v) is 11.4.